The lowest BCUT2D eigenvalue weighted by molar-refractivity contribution is 0.415. The second-order valence-electron chi connectivity index (χ2n) is 4.36. The van der Waals surface area contributed by atoms with Crippen molar-refractivity contribution in [3.63, 3.8) is 0 Å². The Balaban J connectivity index is 2.13. The summed E-state index contributed by atoms with van der Waals surface area (Å²) >= 11 is 7.44. The molecule has 2 aromatic rings. The highest BCUT2D eigenvalue weighted by Crippen LogP contribution is 2.26. The molecule has 1 aromatic carbocycles. The lowest BCUT2D eigenvalue weighted by Crippen LogP contribution is -2.08. The third-order valence-electron chi connectivity index (χ3n) is 2.64. The van der Waals surface area contributed by atoms with E-state index in [1.54, 1.807) is 23.6 Å². The van der Waals surface area contributed by atoms with Gasteiger partial charge in [-0.1, -0.05) is 17.7 Å². The number of hydrogen-bond acceptors (Lipinski definition) is 5. The van der Waals surface area contributed by atoms with Gasteiger partial charge in [0.25, 0.3) is 0 Å². The Kier molecular flexibility index (Phi) is 4.67. The molecule has 0 atom stereocenters. The highest BCUT2D eigenvalue weighted by atomic mass is 35.5. The number of ether oxygens (including phenoxy) is 1. The van der Waals surface area contributed by atoms with Crippen molar-refractivity contribution in [2.75, 3.05) is 7.11 Å². The third kappa shape index (κ3) is 3.94. The van der Waals surface area contributed by atoms with Crippen LogP contribution in [0.15, 0.2) is 23.6 Å². The zero-order chi connectivity index (χ0) is 14.8. The molecule has 1 heterocycles. The number of benzene rings is 1. The standard InChI is InChI=1S/C13H14ClNO3S2/c1-9-15-11(6-19-9)8-20(16,17)7-10-3-4-13(18-2)12(14)5-10/h3-6H,7-8H2,1-2H3. The summed E-state index contributed by atoms with van der Waals surface area (Å²) in [6.45, 7) is 1.85. The van der Waals surface area contributed by atoms with Gasteiger partial charge in [0.05, 0.1) is 34.3 Å². The van der Waals surface area contributed by atoms with Crippen LogP contribution in [0.4, 0.5) is 0 Å². The number of rotatable bonds is 5. The average Bonchev–Trinajstić information content (AvgIpc) is 2.73. The molecule has 1 aromatic heterocycles. The molecule has 0 aliphatic rings. The van der Waals surface area contributed by atoms with Crippen LogP contribution >= 0.6 is 22.9 Å². The van der Waals surface area contributed by atoms with Crippen molar-refractivity contribution in [3.8, 4) is 5.75 Å². The molecule has 0 radical (unpaired) electrons. The maximum Gasteiger partial charge on any atom is 0.160 e. The van der Waals surface area contributed by atoms with E-state index in [9.17, 15) is 8.42 Å². The van der Waals surface area contributed by atoms with Gasteiger partial charge >= 0.3 is 0 Å². The molecule has 0 aliphatic carbocycles. The normalized spacial score (nSPS) is 11.6. The fourth-order valence-electron chi connectivity index (χ4n) is 1.80. The first kappa shape index (κ1) is 15.3. The van der Waals surface area contributed by atoms with Crippen molar-refractivity contribution >= 4 is 32.8 Å². The van der Waals surface area contributed by atoms with Crippen molar-refractivity contribution < 1.29 is 13.2 Å². The molecule has 0 spiro atoms. The Morgan fingerprint density at radius 1 is 1.35 bits per heavy atom. The van der Waals surface area contributed by atoms with Crippen LogP contribution in [0.3, 0.4) is 0 Å². The number of methoxy groups -OCH3 is 1. The highest BCUT2D eigenvalue weighted by molar-refractivity contribution is 7.89. The van der Waals surface area contributed by atoms with Gasteiger partial charge in [-0.2, -0.15) is 0 Å². The molecule has 2 rings (SSSR count). The van der Waals surface area contributed by atoms with Crippen LogP contribution in [-0.2, 0) is 21.3 Å². The van der Waals surface area contributed by atoms with E-state index in [4.69, 9.17) is 16.3 Å². The van der Waals surface area contributed by atoms with Crippen molar-refractivity contribution in [2.24, 2.45) is 0 Å². The van der Waals surface area contributed by atoms with Gasteiger partial charge < -0.3 is 4.74 Å². The topological polar surface area (TPSA) is 56.3 Å². The molecule has 7 heteroatoms. The lowest BCUT2D eigenvalue weighted by atomic mass is 10.2. The predicted molar refractivity (Wildman–Crippen MR) is 81.2 cm³/mol. The van der Waals surface area contributed by atoms with E-state index in [2.05, 4.69) is 4.98 Å². The number of aryl methyl sites for hydroxylation is 1. The predicted octanol–water partition coefficient (Wildman–Crippen LogP) is 3.23. The summed E-state index contributed by atoms with van der Waals surface area (Å²) in [6.07, 6.45) is 0. The summed E-state index contributed by atoms with van der Waals surface area (Å²) in [4.78, 5) is 4.18. The van der Waals surface area contributed by atoms with E-state index >= 15 is 0 Å². The second kappa shape index (κ2) is 6.11. The Labute approximate surface area is 127 Å². The summed E-state index contributed by atoms with van der Waals surface area (Å²) in [7, 11) is -1.75. The Bertz CT molecular complexity index is 710. The summed E-state index contributed by atoms with van der Waals surface area (Å²) in [5.74, 6) is 0.414. The molecular formula is C13H14ClNO3S2. The smallest absolute Gasteiger partial charge is 0.160 e. The number of aromatic nitrogens is 1. The van der Waals surface area contributed by atoms with E-state index in [0.29, 0.717) is 22.0 Å². The van der Waals surface area contributed by atoms with Crippen LogP contribution in [0, 0.1) is 6.92 Å². The van der Waals surface area contributed by atoms with Crippen LogP contribution in [0.5, 0.6) is 5.75 Å². The van der Waals surface area contributed by atoms with Gasteiger partial charge in [-0.05, 0) is 24.6 Å². The number of thiazole rings is 1. The number of hydrogen-bond donors (Lipinski definition) is 0. The zero-order valence-electron chi connectivity index (χ0n) is 11.1. The van der Waals surface area contributed by atoms with Gasteiger partial charge in [-0.15, -0.1) is 11.3 Å². The highest BCUT2D eigenvalue weighted by Gasteiger charge is 2.16. The molecule has 0 bridgehead atoms. The monoisotopic (exact) mass is 331 g/mol. The van der Waals surface area contributed by atoms with Crippen molar-refractivity contribution in [1.29, 1.82) is 0 Å². The molecule has 0 fully saturated rings. The van der Waals surface area contributed by atoms with Crippen molar-refractivity contribution in [2.45, 2.75) is 18.4 Å². The molecule has 0 saturated carbocycles. The van der Waals surface area contributed by atoms with Gasteiger partial charge in [0.2, 0.25) is 0 Å². The Hall–Kier alpha value is -1.11. The molecule has 0 saturated heterocycles. The fraction of sp³-hybridized carbons (Fsp3) is 0.308. The van der Waals surface area contributed by atoms with Crippen LogP contribution < -0.4 is 4.74 Å². The zero-order valence-corrected chi connectivity index (χ0v) is 13.5. The first-order chi connectivity index (χ1) is 9.39. The van der Waals surface area contributed by atoms with Gasteiger partial charge in [-0.3, -0.25) is 0 Å². The van der Waals surface area contributed by atoms with Gasteiger partial charge in [0.1, 0.15) is 5.75 Å². The summed E-state index contributed by atoms with van der Waals surface area (Å²) in [5, 5.41) is 3.04. The van der Waals surface area contributed by atoms with Crippen LogP contribution in [0.2, 0.25) is 5.02 Å². The van der Waals surface area contributed by atoms with Gasteiger partial charge in [0.15, 0.2) is 9.84 Å². The van der Waals surface area contributed by atoms with Crippen molar-refractivity contribution in [3.05, 3.63) is 44.9 Å². The molecule has 108 valence electrons. The molecule has 0 unspecified atom stereocenters. The number of sulfone groups is 1. The summed E-state index contributed by atoms with van der Waals surface area (Å²) in [5.41, 5.74) is 1.23. The molecular weight excluding hydrogens is 318 g/mol. The third-order valence-corrected chi connectivity index (χ3v) is 5.26. The Morgan fingerprint density at radius 3 is 2.65 bits per heavy atom. The summed E-state index contributed by atoms with van der Waals surface area (Å²) < 4.78 is 29.3. The maximum absolute atomic E-state index is 12.1. The van der Waals surface area contributed by atoms with Gasteiger partial charge in [-0.25, -0.2) is 13.4 Å². The van der Waals surface area contributed by atoms with E-state index < -0.39 is 9.84 Å². The van der Waals surface area contributed by atoms with E-state index in [-0.39, 0.29) is 11.5 Å². The average molecular weight is 332 g/mol. The van der Waals surface area contributed by atoms with E-state index in [0.717, 1.165) is 5.01 Å². The fourth-order valence-corrected chi connectivity index (χ4v) is 4.19. The van der Waals surface area contributed by atoms with Crippen LogP contribution in [0.1, 0.15) is 16.3 Å². The molecule has 4 nitrogen and oxygen atoms in total. The summed E-state index contributed by atoms with van der Waals surface area (Å²) in [6, 6.07) is 4.99. The SMILES string of the molecule is COc1ccc(CS(=O)(=O)Cc2csc(C)n2)cc1Cl. The quantitative estimate of drug-likeness (QED) is 0.844. The van der Waals surface area contributed by atoms with Gasteiger partial charge in [0, 0.05) is 5.38 Å². The largest absolute Gasteiger partial charge is 0.495 e. The van der Waals surface area contributed by atoms with E-state index in [1.807, 2.05) is 6.92 Å². The molecule has 20 heavy (non-hydrogen) atoms. The number of nitrogens with zero attached hydrogens (tertiary/aromatic N) is 1. The van der Waals surface area contributed by atoms with Crippen molar-refractivity contribution in [1.82, 2.24) is 4.98 Å². The molecule has 0 aliphatic heterocycles. The first-order valence-electron chi connectivity index (χ1n) is 5.83. The minimum atomic E-state index is -3.27. The van der Waals surface area contributed by atoms with Crippen LogP contribution in [0.25, 0.3) is 0 Å². The maximum atomic E-state index is 12.1. The molecule has 0 N–H and O–H groups in total. The second-order valence-corrected chi connectivity index (χ2v) is 7.89. The number of halogens is 1. The van der Waals surface area contributed by atoms with Crippen LogP contribution in [-0.4, -0.2) is 20.5 Å². The minimum absolute atomic E-state index is 0.0546. The minimum Gasteiger partial charge on any atom is -0.495 e. The lowest BCUT2D eigenvalue weighted by Gasteiger charge is -2.06. The molecule has 0 amide bonds. The van der Waals surface area contributed by atoms with E-state index in [1.165, 1.54) is 18.4 Å². The Morgan fingerprint density at radius 2 is 2.10 bits per heavy atom. The first-order valence-corrected chi connectivity index (χ1v) is 8.91.